The summed E-state index contributed by atoms with van der Waals surface area (Å²) in [6, 6.07) is 4.95. The fraction of sp³-hybridized carbons (Fsp3) is 0.273. The van der Waals surface area contributed by atoms with Crippen molar-refractivity contribution in [1.82, 2.24) is 0 Å². The molecule has 0 aliphatic rings. The van der Waals surface area contributed by atoms with Crippen LogP contribution >= 0.6 is 11.6 Å². The molecular weight excluding hydrogens is 203 g/mol. The highest BCUT2D eigenvalue weighted by molar-refractivity contribution is 6.17. The van der Waals surface area contributed by atoms with E-state index in [1.165, 1.54) is 0 Å². The second kappa shape index (κ2) is 5.78. The van der Waals surface area contributed by atoms with Gasteiger partial charge in [-0.2, -0.15) is 0 Å². The van der Waals surface area contributed by atoms with Crippen LogP contribution in [0.4, 0.5) is 4.39 Å². The highest BCUT2D eigenvalue weighted by Gasteiger charge is 2.03. The third-order valence-electron chi connectivity index (χ3n) is 1.85. The van der Waals surface area contributed by atoms with Crippen molar-refractivity contribution in [2.75, 3.05) is 5.88 Å². The summed E-state index contributed by atoms with van der Waals surface area (Å²) in [6.07, 6.45) is 4.20. The van der Waals surface area contributed by atoms with Gasteiger partial charge in [0, 0.05) is 17.0 Å². The topological polar surface area (TPSA) is 20.2 Å². The lowest BCUT2D eigenvalue weighted by Crippen LogP contribution is -1.92. The molecule has 0 atom stereocenters. The van der Waals surface area contributed by atoms with Crippen molar-refractivity contribution in [3.05, 3.63) is 41.2 Å². The van der Waals surface area contributed by atoms with Crippen molar-refractivity contribution in [2.45, 2.75) is 13.0 Å². The second-order valence-corrected chi connectivity index (χ2v) is 3.24. The molecule has 0 saturated heterocycles. The van der Waals surface area contributed by atoms with E-state index in [1.54, 1.807) is 24.3 Å². The standard InChI is InChI=1S/C11H12ClFO/c12-7-2-1-4-9-5-3-6-10(8-14)11(9)13/h1,3-6,14H,2,7-8H2. The Labute approximate surface area is 87.8 Å². The van der Waals surface area contributed by atoms with Gasteiger partial charge in [0.15, 0.2) is 0 Å². The molecule has 0 heterocycles. The van der Waals surface area contributed by atoms with Gasteiger partial charge >= 0.3 is 0 Å². The molecule has 1 nitrogen and oxygen atoms in total. The van der Waals surface area contributed by atoms with E-state index < -0.39 is 0 Å². The van der Waals surface area contributed by atoms with Crippen molar-refractivity contribution in [3.8, 4) is 0 Å². The van der Waals surface area contributed by atoms with E-state index in [9.17, 15) is 4.39 Å². The lowest BCUT2D eigenvalue weighted by Gasteiger charge is -2.01. The number of alkyl halides is 1. The predicted octanol–water partition coefficient (Wildman–Crippen LogP) is 2.96. The Hall–Kier alpha value is -0.860. The number of halogens is 2. The van der Waals surface area contributed by atoms with Gasteiger partial charge in [0.1, 0.15) is 5.82 Å². The van der Waals surface area contributed by atoms with Crippen LogP contribution in [0.5, 0.6) is 0 Å². The maximum Gasteiger partial charge on any atom is 0.135 e. The van der Waals surface area contributed by atoms with E-state index in [0.29, 0.717) is 23.4 Å². The largest absolute Gasteiger partial charge is 0.392 e. The Kier molecular flexibility index (Phi) is 4.63. The van der Waals surface area contributed by atoms with Crippen LogP contribution in [0, 0.1) is 5.82 Å². The third-order valence-corrected chi connectivity index (χ3v) is 2.07. The van der Waals surface area contributed by atoms with E-state index >= 15 is 0 Å². The van der Waals surface area contributed by atoms with Gasteiger partial charge in [-0.25, -0.2) is 4.39 Å². The second-order valence-electron chi connectivity index (χ2n) is 2.86. The molecule has 0 saturated carbocycles. The Morgan fingerprint density at radius 2 is 2.21 bits per heavy atom. The molecular formula is C11H12ClFO. The molecule has 0 aliphatic heterocycles. The van der Waals surface area contributed by atoms with Crippen molar-refractivity contribution < 1.29 is 9.50 Å². The van der Waals surface area contributed by atoms with E-state index in [-0.39, 0.29) is 12.4 Å². The zero-order valence-electron chi connectivity index (χ0n) is 7.71. The number of hydrogen-bond acceptors (Lipinski definition) is 1. The molecule has 1 aromatic carbocycles. The number of rotatable bonds is 4. The van der Waals surface area contributed by atoms with E-state index in [4.69, 9.17) is 16.7 Å². The van der Waals surface area contributed by atoms with Gasteiger partial charge in [-0.3, -0.25) is 0 Å². The average Bonchev–Trinajstić information content (AvgIpc) is 2.21. The Morgan fingerprint density at radius 1 is 1.43 bits per heavy atom. The molecule has 0 amide bonds. The van der Waals surface area contributed by atoms with Crippen LogP contribution in [-0.2, 0) is 6.61 Å². The predicted molar refractivity (Wildman–Crippen MR) is 56.7 cm³/mol. The zero-order chi connectivity index (χ0) is 10.4. The van der Waals surface area contributed by atoms with E-state index in [0.717, 1.165) is 0 Å². The van der Waals surface area contributed by atoms with E-state index in [2.05, 4.69) is 0 Å². The quantitative estimate of drug-likeness (QED) is 0.765. The van der Waals surface area contributed by atoms with Gasteiger partial charge in [-0.1, -0.05) is 30.4 Å². The first-order valence-electron chi connectivity index (χ1n) is 4.40. The Balaban J connectivity index is 2.86. The summed E-state index contributed by atoms with van der Waals surface area (Å²) < 4.78 is 13.5. The molecule has 1 N–H and O–H groups in total. The van der Waals surface area contributed by atoms with Crippen LogP contribution in [0.3, 0.4) is 0 Å². The molecule has 0 aromatic heterocycles. The average molecular weight is 215 g/mol. The fourth-order valence-corrected chi connectivity index (χ4v) is 1.25. The van der Waals surface area contributed by atoms with Gasteiger partial charge < -0.3 is 5.11 Å². The molecule has 0 radical (unpaired) electrons. The first-order valence-corrected chi connectivity index (χ1v) is 4.93. The third kappa shape index (κ3) is 2.82. The number of allylic oxidation sites excluding steroid dienone is 1. The minimum atomic E-state index is -0.360. The SMILES string of the molecule is OCc1cccc(C=CCCCl)c1F. The van der Waals surface area contributed by atoms with Crippen molar-refractivity contribution in [2.24, 2.45) is 0 Å². The van der Waals surface area contributed by atoms with Crippen LogP contribution < -0.4 is 0 Å². The maximum atomic E-state index is 13.5. The summed E-state index contributed by atoms with van der Waals surface area (Å²) in [4.78, 5) is 0. The first kappa shape index (κ1) is 11.2. The molecule has 0 unspecified atom stereocenters. The zero-order valence-corrected chi connectivity index (χ0v) is 8.47. The van der Waals surface area contributed by atoms with Crippen LogP contribution in [-0.4, -0.2) is 11.0 Å². The summed E-state index contributed by atoms with van der Waals surface area (Å²) in [5, 5.41) is 8.83. The molecule has 0 spiro atoms. The molecule has 3 heteroatoms. The maximum absolute atomic E-state index is 13.5. The minimum Gasteiger partial charge on any atom is -0.392 e. The minimum absolute atomic E-state index is 0.275. The van der Waals surface area contributed by atoms with Crippen LogP contribution in [0.2, 0.25) is 0 Å². The molecule has 1 aromatic rings. The number of aliphatic hydroxyl groups excluding tert-OH is 1. The van der Waals surface area contributed by atoms with Crippen molar-refractivity contribution in [3.63, 3.8) is 0 Å². The fourth-order valence-electron chi connectivity index (χ4n) is 1.12. The van der Waals surface area contributed by atoms with Gasteiger partial charge in [0.25, 0.3) is 0 Å². The van der Waals surface area contributed by atoms with Gasteiger partial charge in [-0.05, 0) is 6.42 Å². The summed E-state index contributed by atoms with van der Waals surface area (Å²) in [6.45, 7) is -0.275. The molecule has 76 valence electrons. The van der Waals surface area contributed by atoms with Crippen LogP contribution in [0.15, 0.2) is 24.3 Å². The Morgan fingerprint density at radius 3 is 2.86 bits per heavy atom. The molecule has 0 aliphatic carbocycles. The smallest absolute Gasteiger partial charge is 0.135 e. The highest BCUT2D eigenvalue weighted by atomic mass is 35.5. The number of hydrogen-bond donors (Lipinski definition) is 1. The van der Waals surface area contributed by atoms with Crippen LogP contribution in [0.1, 0.15) is 17.5 Å². The lowest BCUT2D eigenvalue weighted by atomic mass is 10.1. The summed E-state index contributed by atoms with van der Waals surface area (Å²) in [5.74, 6) is 0.165. The molecule has 1 rings (SSSR count). The normalized spacial score (nSPS) is 11.1. The summed E-state index contributed by atoms with van der Waals surface area (Å²) >= 11 is 5.48. The molecule has 0 bridgehead atoms. The highest BCUT2D eigenvalue weighted by Crippen LogP contribution is 2.14. The Bertz CT molecular complexity index is 323. The van der Waals surface area contributed by atoms with Crippen LogP contribution in [0.25, 0.3) is 6.08 Å². The molecule has 0 fully saturated rings. The summed E-state index contributed by atoms with van der Waals surface area (Å²) in [5.41, 5.74) is 0.805. The van der Waals surface area contributed by atoms with Gasteiger partial charge in [0.05, 0.1) is 6.61 Å². The monoisotopic (exact) mass is 214 g/mol. The number of benzene rings is 1. The molecule has 14 heavy (non-hydrogen) atoms. The van der Waals surface area contributed by atoms with Gasteiger partial charge in [0.2, 0.25) is 0 Å². The van der Waals surface area contributed by atoms with Gasteiger partial charge in [-0.15, -0.1) is 11.6 Å². The summed E-state index contributed by atoms with van der Waals surface area (Å²) in [7, 11) is 0. The first-order chi connectivity index (χ1) is 6.79. The van der Waals surface area contributed by atoms with E-state index in [1.807, 2.05) is 6.08 Å². The number of aliphatic hydroxyl groups is 1. The van der Waals surface area contributed by atoms with Crippen molar-refractivity contribution in [1.29, 1.82) is 0 Å². The lowest BCUT2D eigenvalue weighted by molar-refractivity contribution is 0.275. The van der Waals surface area contributed by atoms with Crippen molar-refractivity contribution >= 4 is 17.7 Å².